The summed E-state index contributed by atoms with van der Waals surface area (Å²) in [5.74, 6) is 0.901. The van der Waals surface area contributed by atoms with Gasteiger partial charge in [-0.3, -0.25) is 4.90 Å². The summed E-state index contributed by atoms with van der Waals surface area (Å²) in [6.07, 6.45) is 3.72. The highest BCUT2D eigenvalue weighted by Crippen LogP contribution is 2.10. The number of aryl methyl sites for hydroxylation is 1. The van der Waals surface area contributed by atoms with E-state index in [2.05, 4.69) is 22.3 Å². The van der Waals surface area contributed by atoms with E-state index in [1.807, 2.05) is 13.0 Å². The van der Waals surface area contributed by atoms with Crippen LogP contribution in [0.5, 0.6) is 0 Å². The van der Waals surface area contributed by atoms with Crippen molar-refractivity contribution in [3.63, 3.8) is 0 Å². The molecule has 0 aromatic carbocycles. The van der Waals surface area contributed by atoms with Gasteiger partial charge in [-0.2, -0.15) is 0 Å². The lowest BCUT2D eigenvalue weighted by atomic mass is 10.1. The molecule has 0 spiro atoms. The lowest BCUT2D eigenvalue weighted by Crippen LogP contribution is -2.37. The first-order chi connectivity index (χ1) is 8.28. The minimum absolute atomic E-state index is 0.635. The van der Waals surface area contributed by atoms with Gasteiger partial charge < -0.3 is 9.84 Å². The zero-order chi connectivity index (χ0) is 12.1. The third-order valence-corrected chi connectivity index (χ3v) is 3.26. The van der Waals surface area contributed by atoms with Gasteiger partial charge in [-0.1, -0.05) is 18.5 Å². The minimum atomic E-state index is 0.635. The Labute approximate surface area is 103 Å². The second-order valence-electron chi connectivity index (χ2n) is 4.96. The van der Waals surface area contributed by atoms with E-state index in [1.165, 1.54) is 19.3 Å². The van der Waals surface area contributed by atoms with Crippen LogP contribution in [-0.4, -0.2) is 35.7 Å². The van der Waals surface area contributed by atoms with Gasteiger partial charge >= 0.3 is 0 Å². The largest absolute Gasteiger partial charge is 0.361 e. The molecule has 2 rings (SSSR count). The van der Waals surface area contributed by atoms with E-state index in [9.17, 15) is 0 Å². The standard InChI is InChI=1S/C13H23N3O/c1-3-5-12-9-16(7-4-6-14-12)10-13-8-11(2)17-15-13/h8,12,14H,3-7,9-10H2,1-2H3. The Morgan fingerprint density at radius 1 is 1.59 bits per heavy atom. The smallest absolute Gasteiger partial charge is 0.133 e. The zero-order valence-corrected chi connectivity index (χ0v) is 10.9. The summed E-state index contributed by atoms with van der Waals surface area (Å²) in [7, 11) is 0. The molecular formula is C13H23N3O. The summed E-state index contributed by atoms with van der Waals surface area (Å²) >= 11 is 0. The summed E-state index contributed by atoms with van der Waals surface area (Å²) < 4.78 is 5.12. The predicted octanol–water partition coefficient (Wildman–Crippen LogP) is 1.95. The van der Waals surface area contributed by atoms with Crippen LogP contribution < -0.4 is 5.32 Å². The second kappa shape index (κ2) is 6.17. The lowest BCUT2D eigenvalue weighted by molar-refractivity contribution is 0.246. The van der Waals surface area contributed by atoms with Crippen molar-refractivity contribution in [2.45, 2.75) is 45.7 Å². The van der Waals surface area contributed by atoms with Gasteiger partial charge in [0.1, 0.15) is 5.76 Å². The maximum atomic E-state index is 5.12. The first-order valence-corrected chi connectivity index (χ1v) is 6.66. The molecule has 0 radical (unpaired) electrons. The summed E-state index contributed by atoms with van der Waals surface area (Å²) in [5, 5.41) is 7.69. The quantitative estimate of drug-likeness (QED) is 0.869. The molecule has 0 aliphatic carbocycles. The monoisotopic (exact) mass is 237 g/mol. The van der Waals surface area contributed by atoms with Crippen molar-refractivity contribution in [2.75, 3.05) is 19.6 Å². The Kier molecular flexibility index (Phi) is 4.57. The molecule has 1 atom stereocenters. The number of nitrogens with zero attached hydrogens (tertiary/aromatic N) is 2. The minimum Gasteiger partial charge on any atom is -0.361 e. The van der Waals surface area contributed by atoms with Crippen molar-refractivity contribution in [3.8, 4) is 0 Å². The number of hydrogen-bond donors (Lipinski definition) is 1. The molecule has 0 amide bonds. The van der Waals surface area contributed by atoms with Crippen LogP contribution in [-0.2, 0) is 6.54 Å². The van der Waals surface area contributed by atoms with Crippen LogP contribution in [0.4, 0.5) is 0 Å². The third kappa shape index (κ3) is 3.82. The molecule has 1 aromatic rings. The molecule has 4 heteroatoms. The average Bonchev–Trinajstić information content (AvgIpc) is 2.58. The molecule has 1 saturated heterocycles. The van der Waals surface area contributed by atoms with Crippen LogP contribution in [0.15, 0.2) is 10.6 Å². The van der Waals surface area contributed by atoms with Crippen molar-refractivity contribution in [1.82, 2.24) is 15.4 Å². The van der Waals surface area contributed by atoms with E-state index in [-0.39, 0.29) is 0 Å². The summed E-state index contributed by atoms with van der Waals surface area (Å²) in [4.78, 5) is 2.48. The van der Waals surface area contributed by atoms with E-state index in [0.29, 0.717) is 6.04 Å². The fraction of sp³-hybridized carbons (Fsp3) is 0.769. The van der Waals surface area contributed by atoms with Crippen LogP contribution in [0.2, 0.25) is 0 Å². The number of aromatic nitrogens is 1. The van der Waals surface area contributed by atoms with E-state index in [1.54, 1.807) is 0 Å². The van der Waals surface area contributed by atoms with Gasteiger partial charge in [0.25, 0.3) is 0 Å². The third-order valence-electron chi connectivity index (χ3n) is 3.26. The van der Waals surface area contributed by atoms with Gasteiger partial charge in [0, 0.05) is 25.2 Å². The van der Waals surface area contributed by atoms with Crippen LogP contribution in [0.25, 0.3) is 0 Å². The second-order valence-corrected chi connectivity index (χ2v) is 4.96. The first kappa shape index (κ1) is 12.6. The van der Waals surface area contributed by atoms with Gasteiger partial charge in [-0.15, -0.1) is 0 Å². The number of rotatable bonds is 4. The van der Waals surface area contributed by atoms with Gasteiger partial charge in [-0.05, 0) is 32.9 Å². The van der Waals surface area contributed by atoms with Crippen molar-refractivity contribution in [2.24, 2.45) is 0 Å². The molecule has 1 fully saturated rings. The highest BCUT2D eigenvalue weighted by molar-refractivity contribution is 5.03. The highest BCUT2D eigenvalue weighted by atomic mass is 16.5. The molecule has 96 valence electrons. The van der Waals surface area contributed by atoms with Crippen LogP contribution in [0.1, 0.15) is 37.6 Å². The fourth-order valence-electron chi connectivity index (χ4n) is 2.48. The summed E-state index contributed by atoms with van der Waals surface area (Å²) in [6.45, 7) is 8.52. The Balaban J connectivity index is 1.90. The molecule has 2 heterocycles. The van der Waals surface area contributed by atoms with Crippen molar-refractivity contribution >= 4 is 0 Å². The first-order valence-electron chi connectivity index (χ1n) is 6.66. The molecule has 17 heavy (non-hydrogen) atoms. The van der Waals surface area contributed by atoms with E-state index in [4.69, 9.17) is 4.52 Å². The SMILES string of the molecule is CCCC1CN(Cc2cc(C)on2)CCCN1. The Morgan fingerprint density at radius 2 is 2.47 bits per heavy atom. The van der Waals surface area contributed by atoms with E-state index in [0.717, 1.165) is 37.6 Å². The summed E-state index contributed by atoms with van der Waals surface area (Å²) in [6, 6.07) is 2.67. The number of hydrogen-bond acceptors (Lipinski definition) is 4. The molecule has 1 aliphatic heterocycles. The molecule has 0 saturated carbocycles. The van der Waals surface area contributed by atoms with Gasteiger partial charge in [0.2, 0.25) is 0 Å². The average molecular weight is 237 g/mol. The molecule has 1 aromatic heterocycles. The Bertz CT molecular complexity index is 337. The predicted molar refractivity (Wildman–Crippen MR) is 67.8 cm³/mol. The highest BCUT2D eigenvalue weighted by Gasteiger charge is 2.17. The maximum Gasteiger partial charge on any atom is 0.133 e. The topological polar surface area (TPSA) is 41.3 Å². The molecular weight excluding hydrogens is 214 g/mol. The molecule has 1 N–H and O–H groups in total. The van der Waals surface area contributed by atoms with Crippen LogP contribution in [0.3, 0.4) is 0 Å². The fourth-order valence-corrected chi connectivity index (χ4v) is 2.48. The van der Waals surface area contributed by atoms with Gasteiger partial charge in [-0.25, -0.2) is 0 Å². The summed E-state index contributed by atoms with van der Waals surface area (Å²) in [5.41, 5.74) is 1.06. The van der Waals surface area contributed by atoms with Crippen molar-refractivity contribution in [1.29, 1.82) is 0 Å². The zero-order valence-electron chi connectivity index (χ0n) is 10.9. The van der Waals surface area contributed by atoms with Crippen LogP contribution in [0, 0.1) is 6.92 Å². The van der Waals surface area contributed by atoms with Gasteiger partial charge in [0.05, 0.1) is 5.69 Å². The van der Waals surface area contributed by atoms with Crippen molar-refractivity contribution < 1.29 is 4.52 Å². The lowest BCUT2D eigenvalue weighted by Gasteiger charge is -2.23. The van der Waals surface area contributed by atoms with E-state index < -0.39 is 0 Å². The van der Waals surface area contributed by atoms with E-state index >= 15 is 0 Å². The number of nitrogens with one attached hydrogen (secondary N) is 1. The normalized spacial score (nSPS) is 22.6. The van der Waals surface area contributed by atoms with Crippen LogP contribution >= 0.6 is 0 Å². The Morgan fingerprint density at radius 3 is 3.18 bits per heavy atom. The van der Waals surface area contributed by atoms with Gasteiger partial charge in [0.15, 0.2) is 0 Å². The molecule has 1 unspecified atom stereocenters. The Hall–Kier alpha value is -0.870. The molecule has 1 aliphatic rings. The maximum absolute atomic E-state index is 5.12. The molecule has 4 nitrogen and oxygen atoms in total. The molecule has 0 bridgehead atoms. The van der Waals surface area contributed by atoms with Crippen molar-refractivity contribution in [3.05, 3.63) is 17.5 Å².